The molecule has 0 spiro atoms. The molecule has 2 aromatic rings. The van der Waals surface area contributed by atoms with E-state index in [-0.39, 0.29) is 9.79 Å². The molecule has 0 amide bonds. The van der Waals surface area contributed by atoms with E-state index in [1.54, 1.807) is 27.7 Å². The van der Waals surface area contributed by atoms with Crippen molar-refractivity contribution in [3.63, 3.8) is 0 Å². The first-order valence-corrected chi connectivity index (χ1v) is 11.7. The molecular formula is C19H23N2O6S2+. The van der Waals surface area contributed by atoms with Gasteiger partial charge in [0.15, 0.2) is 0 Å². The third-order valence-corrected chi connectivity index (χ3v) is 6.62. The van der Waals surface area contributed by atoms with Crippen LogP contribution in [-0.4, -0.2) is 49.9 Å². The summed E-state index contributed by atoms with van der Waals surface area (Å²) in [6.45, 7) is 8.42. The Kier molecular flexibility index (Phi) is 5.33. The van der Waals surface area contributed by atoms with Gasteiger partial charge in [0.1, 0.15) is 24.5 Å². The predicted octanol–water partition coefficient (Wildman–Crippen LogP) is 2.61. The quantitative estimate of drug-likeness (QED) is 0.556. The van der Waals surface area contributed by atoms with E-state index in [2.05, 4.69) is 0 Å². The van der Waals surface area contributed by atoms with E-state index in [9.17, 15) is 25.9 Å². The molecule has 0 bridgehead atoms. The highest BCUT2D eigenvalue weighted by Gasteiger charge is 2.29. The fourth-order valence-corrected chi connectivity index (χ4v) is 5.18. The van der Waals surface area contributed by atoms with Crippen LogP contribution in [0.15, 0.2) is 34.1 Å². The van der Waals surface area contributed by atoms with Crippen molar-refractivity contribution in [2.45, 2.75) is 37.5 Å². The molecule has 3 rings (SSSR count). The molecule has 1 aliphatic rings. The average Bonchev–Trinajstić information content (AvgIpc) is 3.00. The highest BCUT2D eigenvalue weighted by Crippen LogP contribution is 2.32. The Bertz CT molecular complexity index is 1200. The van der Waals surface area contributed by atoms with Gasteiger partial charge in [-0.05, 0) is 74.2 Å². The SMILES string of the molecule is Cc1cc(S(=O)(=O)O)cc(C)c1N1C=[N+](c2c(C)cc(S(=O)(=O)O)cc2C)CC1. The lowest BCUT2D eigenvalue weighted by atomic mass is 10.1. The minimum Gasteiger partial charge on any atom is -0.282 e. The van der Waals surface area contributed by atoms with Gasteiger partial charge in [0.05, 0.1) is 9.79 Å². The van der Waals surface area contributed by atoms with Gasteiger partial charge < -0.3 is 0 Å². The Balaban J connectivity index is 2.05. The summed E-state index contributed by atoms with van der Waals surface area (Å²) < 4.78 is 66.4. The number of hydrogen-bond donors (Lipinski definition) is 2. The highest BCUT2D eigenvalue weighted by atomic mass is 32.2. The van der Waals surface area contributed by atoms with E-state index >= 15 is 0 Å². The summed E-state index contributed by atoms with van der Waals surface area (Å²) in [7, 11) is -8.56. The molecule has 1 aliphatic heterocycles. The Morgan fingerprint density at radius 1 is 0.793 bits per heavy atom. The second-order valence-corrected chi connectivity index (χ2v) is 10.1. The van der Waals surface area contributed by atoms with Crippen LogP contribution in [0.5, 0.6) is 0 Å². The van der Waals surface area contributed by atoms with E-state index in [0.717, 1.165) is 11.4 Å². The molecule has 29 heavy (non-hydrogen) atoms. The number of rotatable bonds is 4. The number of nitrogens with zero attached hydrogens (tertiary/aromatic N) is 2. The van der Waals surface area contributed by atoms with E-state index in [0.29, 0.717) is 35.3 Å². The first-order chi connectivity index (χ1) is 13.3. The summed E-state index contributed by atoms with van der Waals surface area (Å²) >= 11 is 0. The normalized spacial score (nSPS) is 15.0. The van der Waals surface area contributed by atoms with Gasteiger partial charge in [0.25, 0.3) is 20.2 Å². The Morgan fingerprint density at radius 3 is 1.62 bits per heavy atom. The lowest BCUT2D eigenvalue weighted by molar-refractivity contribution is -0.425. The van der Waals surface area contributed by atoms with E-state index in [1.165, 1.54) is 24.3 Å². The second kappa shape index (κ2) is 7.21. The molecule has 2 N–H and O–H groups in total. The summed E-state index contributed by atoms with van der Waals surface area (Å²) in [5.74, 6) is 0. The van der Waals surface area contributed by atoms with Crippen molar-refractivity contribution in [2.24, 2.45) is 0 Å². The van der Waals surface area contributed by atoms with Crippen molar-refractivity contribution in [1.82, 2.24) is 0 Å². The lowest BCUT2D eigenvalue weighted by Crippen LogP contribution is -2.20. The number of hydrogen-bond acceptors (Lipinski definition) is 5. The molecule has 0 atom stereocenters. The fraction of sp³-hybridized carbons (Fsp3) is 0.316. The Labute approximate surface area is 170 Å². The van der Waals surface area contributed by atoms with E-state index < -0.39 is 20.2 Å². The van der Waals surface area contributed by atoms with Crippen molar-refractivity contribution in [3.05, 3.63) is 46.5 Å². The summed E-state index contributed by atoms with van der Waals surface area (Å²) in [4.78, 5) is 1.72. The van der Waals surface area contributed by atoms with Gasteiger partial charge in [-0.2, -0.15) is 16.8 Å². The molecular weight excluding hydrogens is 416 g/mol. The molecule has 10 heteroatoms. The maximum Gasteiger partial charge on any atom is 0.294 e. The maximum absolute atomic E-state index is 11.4. The number of anilines is 1. The third kappa shape index (κ3) is 4.20. The average molecular weight is 440 g/mol. The standard InChI is InChI=1S/C19H22N2O6S2/c1-12-7-16(28(22,23)24)8-13(2)18(12)20-5-6-21(11-20)19-14(3)9-17(10-15(19)4)29(25,26)27/h7-11H,5-6H2,1-4H3,(H-,22,23,24,25,26,27)/p+1. The van der Waals surface area contributed by atoms with Crippen LogP contribution >= 0.6 is 0 Å². The number of aryl methyl sites for hydroxylation is 4. The predicted molar refractivity (Wildman–Crippen MR) is 110 cm³/mol. The minimum absolute atomic E-state index is 0.139. The summed E-state index contributed by atoms with van der Waals surface area (Å²) in [6.07, 6.45) is 1.89. The molecule has 0 saturated heterocycles. The molecule has 0 unspecified atom stereocenters. The zero-order valence-electron chi connectivity index (χ0n) is 16.5. The van der Waals surface area contributed by atoms with Crippen LogP contribution in [0.1, 0.15) is 22.3 Å². The van der Waals surface area contributed by atoms with Crippen molar-refractivity contribution < 1.29 is 30.5 Å². The molecule has 156 valence electrons. The second-order valence-electron chi connectivity index (χ2n) is 7.26. The van der Waals surface area contributed by atoms with Gasteiger partial charge >= 0.3 is 0 Å². The van der Waals surface area contributed by atoms with Crippen molar-refractivity contribution >= 4 is 37.9 Å². The highest BCUT2D eigenvalue weighted by molar-refractivity contribution is 7.86. The zero-order valence-corrected chi connectivity index (χ0v) is 18.2. The van der Waals surface area contributed by atoms with Gasteiger partial charge in [0, 0.05) is 0 Å². The van der Waals surface area contributed by atoms with Crippen molar-refractivity contribution in [2.75, 3.05) is 18.0 Å². The Morgan fingerprint density at radius 2 is 1.21 bits per heavy atom. The van der Waals surface area contributed by atoms with Crippen LogP contribution < -0.4 is 4.90 Å². The largest absolute Gasteiger partial charge is 0.294 e. The van der Waals surface area contributed by atoms with Crippen molar-refractivity contribution in [1.29, 1.82) is 0 Å². The first-order valence-electron chi connectivity index (χ1n) is 8.85. The zero-order chi connectivity index (χ0) is 21.7. The van der Waals surface area contributed by atoms with Crippen LogP contribution in [0, 0.1) is 27.7 Å². The molecule has 8 nitrogen and oxygen atoms in total. The van der Waals surface area contributed by atoms with Gasteiger partial charge in [-0.1, -0.05) is 0 Å². The van der Waals surface area contributed by atoms with Crippen LogP contribution in [0.2, 0.25) is 0 Å². The molecule has 0 saturated carbocycles. The maximum atomic E-state index is 11.4. The smallest absolute Gasteiger partial charge is 0.282 e. The third-order valence-electron chi connectivity index (χ3n) is 4.96. The van der Waals surface area contributed by atoms with Crippen LogP contribution in [0.4, 0.5) is 11.4 Å². The molecule has 0 fully saturated rings. The van der Waals surface area contributed by atoms with E-state index in [1.807, 2.05) is 15.8 Å². The number of benzene rings is 2. The van der Waals surface area contributed by atoms with Gasteiger partial charge in [0.2, 0.25) is 6.34 Å². The summed E-state index contributed by atoms with van der Waals surface area (Å²) in [5, 5.41) is 0. The van der Waals surface area contributed by atoms with Gasteiger partial charge in [-0.3, -0.25) is 9.11 Å². The van der Waals surface area contributed by atoms with Gasteiger partial charge in [-0.25, -0.2) is 9.48 Å². The lowest BCUT2D eigenvalue weighted by Gasteiger charge is -2.14. The summed E-state index contributed by atoms with van der Waals surface area (Å²) in [6, 6.07) is 5.74. The molecule has 0 radical (unpaired) electrons. The molecule has 1 heterocycles. The van der Waals surface area contributed by atoms with Crippen LogP contribution in [0.25, 0.3) is 0 Å². The van der Waals surface area contributed by atoms with E-state index in [4.69, 9.17) is 0 Å². The topological polar surface area (TPSA) is 115 Å². The first kappa shape index (κ1) is 21.4. The van der Waals surface area contributed by atoms with Crippen LogP contribution in [-0.2, 0) is 20.2 Å². The fourth-order valence-electron chi connectivity index (χ4n) is 3.87. The molecule has 0 aliphatic carbocycles. The molecule has 0 aromatic heterocycles. The summed E-state index contributed by atoms with van der Waals surface area (Å²) in [5.41, 5.74) is 4.56. The minimum atomic E-state index is -4.28. The Hall–Kier alpha value is -2.27. The van der Waals surface area contributed by atoms with Crippen molar-refractivity contribution in [3.8, 4) is 0 Å². The van der Waals surface area contributed by atoms with Gasteiger partial charge in [-0.15, -0.1) is 0 Å². The molecule has 2 aromatic carbocycles. The monoisotopic (exact) mass is 439 g/mol. The van der Waals surface area contributed by atoms with Crippen LogP contribution in [0.3, 0.4) is 0 Å².